The molecule has 1 aliphatic rings. The van der Waals surface area contributed by atoms with Crippen molar-refractivity contribution in [3.63, 3.8) is 0 Å². The van der Waals surface area contributed by atoms with Gasteiger partial charge in [0.05, 0.1) is 18.7 Å². The van der Waals surface area contributed by atoms with Crippen LogP contribution < -0.4 is 15.4 Å². The summed E-state index contributed by atoms with van der Waals surface area (Å²) in [6.45, 7) is 4.18. The van der Waals surface area contributed by atoms with Crippen LogP contribution in [0.2, 0.25) is 0 Å². The monoisotopic (exact) mass is 643 g/mol. The van der Waals surface area contributed by atoms with E-state index in [-0.39, 0.29) is 30.9 Å². The summed E-state index contributed by atoms with van der Waals surface area (Å²) < 4.78 is 10.9. The van der Waals surface area contributed by atoms with Crippen LogP contribution in [0.5, 0.6) is 5.75 Å². The first-order chi connectivity index (χ1) is 21.8. The molecule has 0 fully saturated rings. The molecule has 1 aromatic heterocycles. The van der Waals surface area contributed by atoms with Crippen LogP contribution in [0.4, 0.5) is 10.7 Å². The van der Waals surface area contributed by atoms with Crippen molar-refractivity contribution in [1.82, 2.24) is 4.90 Å². The van der Waals surface area contributed by atoms with Gasteiger partial charge in [-0.25, -0.2) is 4.79 Å². The smallest absolute Gasteiger partial charge is 0.341 e. The fraction of sp³-hybridized carbons (Fsp3) is 0.235. The number of amides is 3. The summed E-state index contributed by atoms with van der Waals surface area (Å²) in [4.78, 5) is 55.0. The number of rotatable bonds is 11. The number of thioether (sulfide) groups is 1. The molecule has 9 nitrogen and oxygen atoms in total. The van der Waals surface area contributed by atoms with E-state index >= 15 is 0 Å². The average Bonchev–Trinajstić information content (AvgIpc) is 3.41. The molecule has 0 spiro atoms. The highest BCUT2D eigenvalue weighted by Crippen LogP contribution is 2.41. The minimum Gasteiger partial charge on any atom is -0.484 e. The maximum absolute atomic E-state index is 14.0. The summed E-state index contributed by atoms with van der Waals surface area (Å²) in [7, 11) is 0. The van der Waals surface area contributed by atoms with Crippen LogP contribution in [0.15, 0.2) is 89.8 Å². The molecular formula is C34H33N3O6S2. The van der Waals surface area contributed by atoms with Gasteiger partial charge < -0.3 is 25.0 Å². The number of nitrogens with zero attached hydrogens (tertiary/aromatic N) is 1. The Balaban J connectivity index is 1.36. The molecule has 0 saturated heterocycles. The number of carbonyl (C=O) groups excluding carboxylic acids is 4. The molecule has 0 saturated carbocycles. The van der Waals surface area contributed by atoms with Gasteiger partial charge in [0.25, 0.3) is 5.91 Å². The molecule has 232 valence electrons. The van der Waals surface area contributed by atoms with Gasteiger partial charge in [0, 0.05) is 28.9 Å². The van der Waals surface area contributed by atoms with Gasteiger partial charge >= 0.3 is 5.97 Å². The molecule has 2 heterocycles. The lowest BCUT2D eigenvalue weighted by molar-refractivity contribution is -0.129. The van der Waals surface area contributed by atoms with Crippen LogP contribution in [0.3, 0.4) is 0 Å². The fourth-order valence-corrected chi connectivity index (χ4v) is 7.24. The normalized spacial score (nSPS) is 12.9. The van der Waals surface area contributed by atoms with Crippen LogP contribution in [0.25, 0.3) is 0 Å². The number of para-hydroxylation sites is 1. The molecule has 5 rings (SSSR count). The Hall–Kier alpha value is -4.61. The Kier molecular flexibility index (Phi) is 10.5. The summed E-state index contributed by atoms with van der Waals surface area (Å²) in [6.07, 6.45) is 0.501. The third kappa shape index (κ3) is 8.11. The lowest BCUT2D eigenvalue weighted by Crippen LogP contribution is -2.34. The van der Waals surface area contributed by atoms with Gasteiger partial charge in [-0.3, -0.25) is 14.4 Å². The first kappa shape index (κ1) is 31.8. The van der Waals surface area contributed by atoms with E-state index in [2.05, 4.69) is 10.6 Å². The van der Waals surface area contributed by atoms with Gasteiger partial charge in [0.2, 0.25) is 11.8 Å². The van der Waals surface area contributed by atoms with Crippen LogP contribution >= 0.6 is 23.1 Å². The van der Waals surface area contributed by atoms with E-state index in [1.807, 2.05) is 60.7 Å². The molecular weight excluding hydrogens is 611 g/mol. The highest BCUT2D eigenvalue weighted by molar-refractivity contribution is 8.00. The van der Waals surface area contributed by atoms with E-state index in [0.717, 1.165) is 20.9 Å². The number of thiophene rings is 1. The Morgan fingerprint density at radius 3 is 2.40 bits per heavy atom. The topological polar surface area (TPSA) is 114 Å². The van der Waals surface area contributed by atoms with Crippen molar-refractivity contribution in [1.29, 1.82) is 0 Å². The SMILES string of the molecule is CCOC(=O)c1c(NC(=O)C(Sc2cccc(NC(=O)COc3ccccc3)c2)c2ccccc2)sc2c1CCN(C(C)=O)C2. The number of hydrogen-bond acceptors (Lipinski definition) is 8. The Bertz CT molecular complexity index is 1680. The second kappa shape index (κ2) is 14.9. The van der Waals surface area contributed by atoms with Crippen molar-refractivity contribution < 1.29 is 28.7 Å². The highest BCUT2D eigenvalue weighted by atomic mass is 32.2. The predicted octanol–water partition coefficient (Wildman–Crippen LogP) is 6.32. The summed E-state index contributed by atoms with van der Waals surface area (Å²) in [5, 5.41) is 5.60. The van der Waals surface area contributed by atoms with E-state index < -0.39 is 11.2 Å². The van der Waals surface area contributed by atoms with Crippen LogP contribution in [-0.2, 0) is 32.1 Å². The van der Waals surface area contributed by atoms with Gasteiger partial charge in [-0.2, -0.15) is 0 Å². The van der Waals surface area contributed by atoms with E-state index in [0.29, 0.717) is 41.5 Å². The Labute approximate surface area is 269 Å². The molecule has 3 aromatic carbocycles. The molecule has 3 amide bonds. The molecule has 0 aliphatic carbocycles. The highest BCUT2D eigenvalue weighted by Gasteiger charge is 2.32. The maximum Gasteiger partial charge on any atom is 0.341 e. The predicted molar refractivity (Wildman–Crippen MR) is 176 cm³/mol. The van der Waals surface area contributed by atoms with E-state index in [9.17, 15) is 19.2 Å². The van der Waals surface area contributed by atoms with Gasteiger partial charge in [-0.05, 0) is 54.8 Å². The number of ether oxygens (including phenoxy) is 2. The minimum absolute atomic E-state index is 0.0417. The first-order valence-corrected chi connectivity index (χ1v) is 16.2. The molecule has 0 bridgehead atoms. The maximum atomic E-state index is 14.0. The molecule has 2 N–H and O–H groups in total. The molecule has 4 aromatic rings. The van der Waals surface area contributed by atoms with Crippen LogP contribution in [0, 0.1) is 0 Å². The summed E-state index contributed by atoms with van der Waals surface area (Å²) >= 11 is 2.63. The number of esters is 1. The lowest BCUT2D eigenvalue weighted by Gasteiger charge is -2.25. The second-order valence-corrected chi connectivity index (χ2v) is 12.5. The molecule has 1 aliphatic heterocycles. The number of fused-ring (bicyclic) bond motifs is 1. The lowest BCUT2D eigenvalue weighted by atomic mass is 10.0. The summed E-state index contributed by atoms with van der Waals surface area (Å²) in [6, 6.07) is 25.7. The van der Waals surface area contributed by atoms with Crippen molar-refractivity contribution in [2.24, 2.45) is 0 Å². The zero-order valence-electron chi connectivity index (χ0n) is 24.9. The van der Waals surface area contributed by atoms with E-state index in [4.69, 9.17) is 9.47 Å². The van der Waals surface area contributed by atoms with Gasteiger partial charge in [-0.1, -0.05) is 54.6 Å². The van der Waals surface area contributed by atoms with Crippen molar-refractivity contribution >= 4 is 57.5 Å². The number of anilines is 2. The molecule has 1 unspecified atom stereocenters. The van der Waals surface area contributed by atoms with Crippen molar-refractivity contribution in [2.75, 3.05) is 30.4 Å². The Morgan fingerprint density at radius 2 is 1.69 bits per heavy atom. The van der Waals surface area contributed by atoms with Gasteiger partial charge in [-0.15, -0.1) is 23.1 Å². The zero-order chi connectivity index (χ0) is 31.8. The fourth-order valence-electron chi connectivity index (χ4n) is 4.90. The molecule has 1 atom stereocenters. The largest absolute Gasteiger partial charge is 0.484 e. The van der Waals surface area contributed by atoms with E-state index in [1.165, 1.54) is 30.0 Å². The third-order valence-electron chi connectivity index (χ3n) is 7.04. The third-order valence-corrected chi connectivity index (χ3v) is 9.42. The van der Waals surface area contributed by atoms with Crippen LogP contribution in [0.1, 0.15) is 45.5 Å². The molecule has 11 heteroatoms. The minimum atomic E-state index is -0.679. The summed E-state index contributed by atoms with van der Waals surface area (Å²) in [5.41, 5.74) is 2.51. The van der Waals surface area contributed by atoms with Gasteiger partial charge in [0.15, 0.2) is 6.61 Å². The van der Waals surface area contributed by atoms with Gasteiger partial charge in [0.1, 0.15) is 16.0 Å². The number of nitrogens with one attached hydrogen (secondary N) is 2. The van der Waals surface area contributed by atoms with Crippen molar-refractivity contribution in [3.05, 3.63) is 106 Å². The van der Waals surface area contributed by atoms with Crippen molar-refractivity contribution in [2.45, 2.75) is 37.0 Å². The quantitative estimate of drug-likeness (QED) is 0.145. The van der Waals surface area contributed by atoms with E-state index in [1.54, 1.807) is 36.1 Å². The standard InChI is InChI=1S/C34H33N3O6S2/c1-3-42-34(41)30-27-17-18-37(22(2)38)20-28(27)45-33(30)36-32(40)31(23-11-6-4-7-12-23)44-26-16-10-13-24(19-26)35-29(39)21-43-25-14-8-5-9-15-25/h4-16,19,31H,3,17-18,20-21H2,1-2H3,(H,35,39)(H,36,40). The van der Waals surface area contributed by atoms with Crippen molar-refractivity contribution in [3.8, 4) is 5.75 Å². The molecule has 0 radical (unpaired) electrons. The average molecular weight is 644 g/mol. The number of benzene rings is 3. The summed E-state index contributed by atoms with van der Waals surface area (Å²) in [5.74, 6) is -0.563. The van der Waals surface area contributed by atoms with Crippen LogP contribution in [-0.4, -0.2) is 48.3 Å². The number of carbonyl (C=O) groups is 4. The Morgan fingerprint density at radius 1 is 0.956 bits per heavy atom. The second-order valence-electron chi connectivity index (χ2n) is 10.2. The first-order valence-electron chi connectivity index (χ1n) is 14.5. The molecule has 45 heavy (non-hydrogen) atoms. The number of hydrogen-bond donors (Lipinski definition) is 2. The zero-order valence-corrected chi connectivity index (χ0v) is 26.5.